The molecule has 1 amide bonds. The summed E-state index contributed by atoms with van der Waals surface area (Å²) in [6, 6.07) is 7.69. The normalized spacial score (nSPS) is 10.5. The number of nitrogens with one attached hydrogen (secondary N) is 1. The van der Waals surface area contributed by atoms with E-state index in [1.54, 1.807) is 18.6 Å². The van der Waals surface area contributed by atoms with Crippen molar-refractivity contribution in [2.45, 2.75) is 11.3 Å². The first-order valence-corrected chi connectivity index (χ1v) is 8.60. The van der Waals surface area contributed by atoms with Crippen LogP contribution in [0.2, 0.25) is 0 Å². The van der Waals surface area contributed by atoms with E-state index >= 15 is 0 Å². The second-order valence-corrected chi connectivity index (χ2v) is 6.87. The molecule has 0 aliphatic heterocycles. The van der Waals surface area contributed by atoms with Gasteiger partial charge in [-0.2, -0.15) is 0 Å². The van der Waals surface area contributed by atoms with E-state index in [9.17, 15) is 4.79 Å². The number of carbonyl (C=O) groups excluding carboxylic acids is 1. The van der Waals surface area contributed by atoms with Crippen molar-refractivity contribution in [2.75, 3.05) is 11.1 Å². The van der Waals surface area contributed by atoms with Crippen molar-refractivity contribution in [3.8, 4) is 10.7 Å². The van der Waals surface area contributed by atoms with Crippen LogP contribution >= 0.6 is 23.1 Å². The maximum absolute atomic E-state index is 11.9. The van der Waals surface area contributed by atoms with Crippen LogP contribution in [-0.2, 0) is 4.79 Å². The van der Waals surface area contributed by atoms with Gasteiger partial charge in [0, 0.05) is 18.1 Å². The van der Waals surface area contributed by atoms with Crippen LogP contribution < -0.4 is 5.32 Å². The van der Waals surface area contributed by atoms with Crippen molar-refractivity contribution in [1.82, 2.24) is 20.2 Å². The van der Waals surface area contributed by atoms with Gasteiger partial charge >= 0.3 is 0 Å². The Morgan fingerprint density at radius 2 is 2.04 bits per heavy atom. The fourth-order valence-electron chi connectivity index (χ4n) is 1.74. The van der Waals surface area contributed by atoms with E-state index in [2.05, 4.69) is 25.5 Å². The van der Waals surface area contributed by atoms with E-state index in [0.717, 1.165) is 15.6 Å². The molecule has 116 valence electrons. The molecular weight excluding hydrogens is 330 g/mol. The van der Waals surface area contributed by atoms with Gasteiger partial charge in [-0.05, 0) is 19.1 Å². The largest absolute Gasteiger partial charge is 0.325 e. The highest BCUT2D eigenvalue weighted by atomic mass is 32.2. The molecule has 2 heterocycles. The predicted molar refractivity (Wildman–Crippen MR) is 91.5 cm³/mol. The molecule has 1 N–H and O–H groups in total. The Bertz CT molecular complexity index is 789. The van der Waals surface area contributed by atoms with E-state index in [4.69, 9.17) is 0 Å². The van der Waals surface area contributed by atoms with Gasteiger partial charge in [-0.3, -0.25) is 14.8 Å². The SMILES string of the molecule is Cc1ccc(NC(=O)CSc2nnc(-c3cnccn3)s2)cc1. The molecule has 0 bridgehead atoms. The third-order valence-corrected chi connectivity index (χ3v) is 4.93. The van der Waals surface area contributed by atoms with E-state index < -0.39 is 0 Å². The topological polar surface area (TPSA) is 80.7 Å². The molecule has 3 rings (SSSR count). The molecule has 2 aromatic heterocycles. The summed E-state index contributed by atoms with van der Waals surface area (Å²) in [7, 11) is 0. The average Bonchev–Trinajstić information content (AvgIpc) is 3.05. The fraction of sp³-hybridized carbons (Fsp3) is 0.133. The average molecular weight is 343 g/mol. The number of aryl methyl sites for hydroxylation is 1. The molecule has 0 atom stereocenters. The van der Waals surface area contributed by atoms with E-state index in [1.807, 2.05) is 31.2 Å². The summed E-state index contributed by atoms with van der Waals surface area (Å²) in [5.41, 5.74) is 2.63. The second-order valence-electron chi connectivity index (χ2n) is 4.67. The van der Waals surface area contributed by atoms with Crippen molar-refractivity contribution < 1.29 is 4.79 Å². The molecule has 8 heteroatoms. The molecule has 0 saturated heterocycles. The molecule has 0 fully saturated rings. The summed E-state index contributed by atoms with van der Waals surface area (Å²) in [5, 5.41) is 11.7. The van der Waals surface area contributed by atoms with E-state index in [0.29, 0.717) is 10.7 Å². The molecular formula is C15H13N5OS2. The number of rotatable bonds is 5. The molecule has 3 aromatic rings. The fourth-order valence-corrected chi connectivity index (χ4v) is 3.36. The van der Waals surface area contributed by atoms with Crippen molar-refractivity contribution in [2.24, 2.45) is 0 Å². The Labute approximate surface area is 141 Å². The highest BCUT2D eigenvalue weighted by molar-refractivity contribution is 8.01. The Kier molecular flexibility index (Phi) is 4.94. The molecule has 0 unspecified atom stereocenters. The molecule has 0 aliphatic rings. The molecule has 1 aromatic carbocycles. The lowest BCUT2D eigenvalue weighted by atomic mass is 10.2. The van der Waals surface area contributed by atoms with Gasteiger partial charge in [0.15, 0.2) is 9.35 Å². The third kappa shape index (κ3) is 4.33. The Morgan fingerprint density at radius 1 is 1.22 bits per heavy atom. The lowest BCUT2D eigenvalue weighted by molar-refractivity contribution is -0.113. The summed E-state index contributed by atoms with van der Waals surface area (Å²) >= 11 is 2.75. The Balaban J connectivity index is 1.55. The third-order valence-electron chi connectivity index (χ3n) is 2.85. The van der Waals surface area contributed by atoms with Crippen LogP contribution in [0.4, 0.5) is 5.69 Å². The molecule has 0 saturated carbocycles. The maximum atomic E-state index is 11.9. The van der Waals surface area contributed by atoms with Crippen LogP contribution in [-0.4, -0.2) is 31.8 Å². The van der Waals surface area contributed by atoms with Crippen LogP contribution in [0.15, 0.2) is 47.2 Å². The lowest BCUT2D eigenvalue weighted by Crippen LogP contribution is -2.13. The zero-order chi connectivity index (χ0) is 16.1. The number of benzene rings is 1. The van der Waals surface area contributed by atoms with Gasteiger partial charge in [0.2, 0.25) is 5.91 Å². The Hall–Kier alpha value is -2.32. The summed E-state index contributed by atoms with van der Waals surface area (Å²) in [6.45, 7) is 2.01. The first-order valence-electron chi connectivity index (χ1n) is 6.80. The zero-order valence-electron chi connectivity index (χ0n) is 12.3. The number of amides is 1. The van der Waals surface area contributed by atoms with Crippen LogP contribution in [0.5, 0.6) is 0 Å². The molecule has 0 aliphatic carbocycles. The summed E-state index contributed by atoms with van der Waals surface area (Å²) in [4.78, 5) is 20.1. The Morgan fingerprint density at radius 3 is 2.78 bits per heavy atom. The predicted octanol–water partition coefficient (Wildman–Crippen LogP) is 3.03. The van der Waals surface area contributed by atoms with Gasteiger partial charge in [-0.15, -0.1) is 10.2 Å². The number of anilines is 1. The summed E-state index contributed by atoms with van der Waals surface area (Å²) in [5.74, 6) is 0.207. The minimum absolute atomic E-state index is 0.0740. The van der Waals surface area contributed by atoms with Gasteiger partial charge in [-0.25, -0.2) is 0 Å². The van der Waals surface area contributed by atoms with Crippen LogP contribution in [0.25, 0.3) is 10.7 Å². The van der Waals surface area contributed by atoms with Crippen LogP contribution in [0, 0.1) is 6.92 Å². The van der Waals surface area contributed by atoms with Gasteiger partial charge in [0.25, 0.3) is 0 Å². The van der Waals surface area contributed by atoms with Gasteiger partial charge in [-0.1, -0.05) is 40.8 Å². The zero-order valence-corrected chi connectivity index (χ0v) is 13.9. The number of nitrogens with zero attached hydrogens (tertiary/aromatic N) is 4. The smallest absolute Gasteiger partial charge is 0.234 e. The first kappa shape index (κ1) is 15.6. The number of hydrogen-bond acceptors (Lipinski definition) is 7. The first-order chi connectivity index (χ1) is 11.2. The molecule has 6 nitrogen and oxygen atoms in total. The highest BCUT2D eigenvalue weighted by Crippen LogP contribution is 2.27. The van der Waals surface area contributed by atoms with Crippen molar-refractivity contribution >= 4 is 34.7 Å². The summed E-state index contributed by atoms with van der Waals surface area (Å²) < 4.78 is 0.727. The van der Waals surface area contributed by atoms with E-state index in [-0.39, 0.29) is 11.7 Å². The second kappa shape index (κ2) is 7.30. The quantitative estimate of drug-likeness (QED) is 0.717. The van der Waals surface area contributed by atoms with Crippen molar-refractivity contribution in [1.29, 1.82) is 0 Å². The maximum Gasteiger partial charge on any atom is 0.234 e. The highest BCUT2D eigenvalue weighted by Gasteiger charge is 2.10. The minimum Gasteiger partial charge on any atom is -0.325 e. The summed E-state index contributed by atoms with van der Waals surface area (Å²) in [6.07, 6.45) is 4.85. The molecule has 0 radical (unpaired) electrons. The van der Waals surface area contributed by atoms with Crippen LogP contribution in [0.1, 0.15) is 5.56 Å². The van der Waals surface area contributed by atoms with E-state index in [1.165, 1.54) is 23.1 Å². The standard InChI is InChI=1S/C15H13N5OS2/c1-10-2-4-11(5-3-10)18-13(21)9-22-15-20-19-14(23-15)12-8-16-6-7-17-12/h2-8H,9H2,1H3,(H,18,21). The van der Waals surface area contributed by atoms with Gasteiger partial charge in [0.1, 0.15) is 5.69 Å². The number of aromatic nitrogens is 4. The number of carbonyl (C=O) groups is 1. The monoisotopic (exact) mass is 343 g/mol. The van der Waals surface area contributed by atoms with Crippen molar-refractivity contribution in [3.63, 3.8) is 0 Å². The van der Waals surface area contributed by atoms with Crippen molar-refractivity contribution in [3.05, 3.63) is 48.4 Å². The van der Waals surface area contributed by atoms with Gasteiger partial charge in [0.05, 0.1) is 11.9 Å². The minimum atomic E-state index is -0.0740. The van der Waals surface area contributed by atoms with Crippen LogP contribution in [0.3, 0.4) is 0 Å². The molecule has 0 spiro atoms. The lowest BCUT2D eigenvalue weighted by Gasteiger charge is -2.04. The number of thioether (sulfide) groups is 1. The number of hydrogen-bond donors (Lipinski definition) is 1. The molecule has 23 heavy (non-hydrogen) atoms. The van der Waals surface area contributed by atoms with Gasteiger partial charge < -0.3 is 5.32 Å².